The van der Waals surface area contributed by atoms with Crippen LogP contribution in [0.25, 0.3) is 0 Å². The molecule has 148 valence electrons. The van der Waals surface area contributed by atoms with Crippen LogP contribution in [-0.2, 0) is 11.2 Å². The highest BCUT2D eigenvalue weighted by Gasteiger charge is 2.16. The van der Waals surface area contributed by atoms with Gasteiger partial charge in [-0.15, -0.1) is 6.58 Å². The van der Waals surface area contributed by atoms with Crippen molar-refractivity contribution in [1.29, 1.82) is 0 Å². The molecule has 1 atom stereocenters. The summed E-state index contributed by atoms with van der Waals surface area (Å²) in [6.07, 6.45) is 8.02. The first-order valence-corrected chi connectivity index (χ1v) is 10.2. The lowest BCUT2D eigenvalue weighted by Crippen LogP contribution is -2.29. The second kappa shape index (κ2) is 13.2. The fourth-order valence-electron chi connectivity index (χ4n) is 2.26. The molecule has 0 aliphatic heterocycles. The van der Waals surface area contributed by atoms with E-state index < -0.39 is 0 Å². The van der Waals surface area contributed by atoms with Gasteiger partial charge in [0.1, 0.15) is 5.76 Å². The second-order valence-electron chi connectivity index (χ2n) is 6.16. The van der Waals surface area contributed by atoms with Gasteiger partial charge in [-0.05, 0) is 43.0 Å². The summed E-state index contributed by atoms with van der Waals surface area (Å²) >= 11 is 1.54. The Balaban J connectivity index is 3.01. The third kappa shape index (κ3) is 8.98. The van der Waals surface area contributed by atoms with E-state index >= 15 is 0 Å². The molecule has 0 radical (unpaired) electrons. The minimum absolute atomic E-state index is 0.00669. The van der Waals surface area contributed by atoms with Gasteiger partial charge in [0.15, 0.2) is 5.17 Å². The molecule has 0 saturated carbocycles. The van der Waals surface area contributed by atoms with Crippen molar-refractivity contribution >= 4 is 22.6 Å². The van der Waals surface area contributed by atoms with E-state index in [1.807, 2.05) is 36.2 Å². The van der Waals surface area contributed by atoms with Crippen molar-refractivity contribution in [2.24, 2.45) is 4.99 Å². The number of nitrogens with zero attached hydrogens (tertiary/aromatic N) is 2. The summed E-state index contributed by atoms with van der Waals surface area (Å²) in [7, 11) is 1.95. The smallest absolute Gasteiger partial charge is 0.164 e. The summed E-state index contributed by atoms with van der Waals surface area (Å²) in [6, 6.07) is 8.19. The van der Waals surface area contributed by atoms with Crippen LogP contribution in [0.1, 0.15) is 32.3 Å². The number of aliphatic imine (C=N–C) groups is 1. The lowest BCUT2D eigenvalue weighted by molar-refractivity contribution is 0.295. The number of benzene rings is 1. The Morgan fingerprint density at radius 3 is 2.81 bits per heavy atom. The normalized spacial score (nSPS) is 12.8. The highest BCUT2D eigenvalue weighted by atomic mass is 32.2. The topological polar surface area (TPSA) is 45.1 Å². The van der Waals surface area contributed by atoms with Gasteiger partial charge in [-0.25, -0.2) is 4.99 Å². The standard InChI is InChI=1S/C22H32N2O2S/c1-6-9-14-26-18(4)16-24(5)22(27-21(17-25)11-7-2)23-20-13-10-12-19(8-3)15-20/h7,9-10,12-15,21,25H,2,4,6,8,11,16-17H2,1,3,5H3/b14-9-,23-22?. The zero-order chi connectivity index (χ0) is 20.1. The van der Waals surface area contributed by atoms with Crippen molar-refractivity contribution in [2.45, 2.75) is 38.4 Å². The Hall–Kier alpha value is -1.98. The van der Waals surface area contributed by atoms with Crippen LogP contribution in [-0.4, -0.2) is 40.6 Å². The van der Waals surface area contributed by atoms with E-state index in [9.17, 15) is 5.11 Å². The molecule has 0 saturated heterocycles. The first-order valence-electron chi connectivity index (χ1n) is 9.30. The number of hydrogen-bond acceptors (Lipinski definition) is 4. The Morgan fingerprint density at radius 2 is 2.19 bits per heavy atom. The van der Waals surface area contributed by atoms with Crippen LogP contribution in [0.15, 0.2) is 66.6 Å². The molecule has 0 bridgehead atoms. The van der Waals surface area contributed by atoms with E-state index in [1.54, 1.807) is 18.0 Å². The minimum Gasteiger partial charge on any atom is -0.468 e. The molecule has 27 heavy (non-hydrogen) atoms. The van der Waals surface area contributed by atoms with E-state index in [0.29, 0.717) is 18.7 Å². The molecular weight excluding hydrogens is 356 g/mol. The van der Waals surface area contributed by atoms with Gasteiger partial charge < -0.3 is 14.7 Å². The van der Waals surface area contributed by atoms with Gasteiger partial charge in [0, 0.05) is 12.3 Å². The SMILES string of the molecule is C=CCC(CO)SC(=Nc1cccc(CC)c1)N(C)CC(=C)O/C=C\CC. The molecule has 1 N–H and O–H groups in total. The van der Waals surface area contributed by atoms with Crippen LogP contribution in [0.4, 0.5) is 5.69 Å². The van der Waals surface area contributed by atoms with E-state index in [0.717, 1.165) is 23.7 Å². The molecule has 4 nitrogen and oxygen atoms in total. The molecule has 0 aromatic heterocycles. The molecule has 1 unspecified atom stereocenters. The molecule has 0 amide bonds. The van der Waals surface area contributed by atoms with Gasteiger partial charge in [0.25, 0.3) is 0 Å². The molecular formula is C22H32N2O2S. The first-order chi connectivity index (χ1) is 13.0. The number of amidine groups is 1. The fourth-order valence-corrected chi connectivity index (χ4v) is 3.27. The first kappa shape index (κ1) is 23.1. The molecule has 0 fully saturated rings. The number of rotatable bonds is 11. The molecule has 0 aliphatic carbocycles. The van der Waals surface area contributed by atoms with E-state index in [1.165, 1.54) is 5.56 Å². The monoisotopic (exact) mass is 388 g/mol. The number of allylic oxidation sites excluding steroid dienone is 2. The van der Waals surface area contributed by atoms with Crippen LogP contribution < -0.4 is 0 Å². The number of aliphatic hydroxyl groups is 1. The number of aryl methyl sites for hydroxylation is 1. The van der Waals surface area contributed by atoms with Gasteiger partial charge in [-0.2, -0.15) is 0 Å². The molecule has 1 aromatic carbocycles. The lowest BCUT2D eigenvalue weighted by atomic mass is 10.1. The molecule has 5 heteroatoms. The zero-order valence-electron chi connectivity index (χ0n) is 16.7. The van der Waals surface area contributed by atoms with Gasteiger partial charge in [0.2, 0.25) is 0 Å². The summed E-state index contributed by atoms with van der Waals surface area (Å²) in [6.45, 7) is 12.5. The molecule has 0 spiro atoms. The van der Waals surface area contributed by atoms with Crippen LogP contribution >= 0.6 is 11.8 Å². The Morgan fingerprint density at radius 1 is 1.41 bits per heavy atom. The van der Waals surface area contributed by atoms with Crippen LogP contribution in [0.2, 0.25) is 0 Å². The van der Waals surface area contributed by atoms with E-state index in [-0.39, 0.29) is 11.9 Å². The van der Waals surface area contributed by atoms with Gasteiger partial charge in [-0.3, -0.25) is 0 Å². The van der Waals surface area contributed by atoms with Crippen molar-refractivity contribution in [3.05, 3.63) is 67.2 Å². The third-order valence-electron chi connectivity index (χ3n) is 3.76. The Kier molecular flexibility index (Phi) is 11.3. The summed E-state index contributed by atoms with van der Waals surface area (Å²) in [5.74, 6) is 0.641. The average molecular weight is 389 g/mol. The maximum absolute atomic E-state index is 9.67. The highest BCUT2D eigenvalue weighted by Crippen LogP contribution is 2.24. The summed E-state index contributed by atoms with van der Waals surface area (Å²) in [4.78, 5) is 6.83. The maximum Gasteiger partial charge on any atom is 0.164 e. The van der Waals surface area contributed by atoms with Crippen molar-refractivity contribution < 1.29 is 9.84 Å². The van der Waals surface area contributed by atoms with E-state index in [4.69, 9.17) is 9.73 Å². The Labute approximate surface area is 168 Å². The largest absolute Gasteiger partial charge is 0.468 e. The number of aliphatic hydroxyl groups excluding tert-OH is 1. The lowest BCUT2D eigenvalue weighted by Gasteiger charge is -2.24. The predicted molar refractivity (Wildman–Crippen MR) is 118 cm³/mol. The van der Waals surface area contributed by atoms with Crippen LogP contribution in [0.3, 0.4) is 0 Å². The summed E-state index contributed by atoms with van der Waals surface area (Å²) in [5.41, 5.74) is 2.14. The molecule has 0 heterocycles. The van der Waals surface area contributed by atoms with Crippen LogP contribution in [0, 0.1) is 0 Å². The molecule has 0 aliphatic rings. The Bertz CT molecular complexity index is 655. The highest BCUT2D eigenvalue weighted by molar-refractivity contribution is 8.14. The van der Waals surface area contributed by atoms with Gasteiger partial charge in [0.05, 0.1) is 25.1 Å². The van der Waals surface area contributed by atoms with Crippen molar-refractivity contribution in [2.75, 3.05) is 20.2 Å². The second-order valence-corrected chi connectivity index (χ2v) is 7.42. The minimum atomic E-state index is 0.00669. The molecule has 1 rings (SSSR count). The van der Waals surface area contributed by atoms with Crippen molar-refractivity contribution in [3.8, 4) is 0 Å². The number of ether oxygens (including phenoxy) is 1. The zero-order valence-corrected chi connectivity index (χ0v) is 17.5. The average Bonchev–Trinajstić information content (AvgIpc) is 2.67. The van der Waals surface area contributed by atoms with Crippen molar-refractivity contribution in [1.82, 2.24) is 4.90 Å². The fraction of sp³-hybridized carbons (Fsp3) is 0.409. The number of likely N-dealkylation sites (N-methyl/N-ethyl adjacent to an activating group) is 1. The predicted octanol–water partition coefficient (Wildman–Crippen LogP) is 5.29. The molecule has 1 aromatic rings. The summed E-state index contributed by atoms with van der Waals surface area (Å²) < 4.78 is 5.52. The summed E-state index contributed by atoms with van der Waals surface area (Å²) in [5, 5.41) is 10.5. The quantitative estimate of drug-likeness (QED) is 0.242. The van der Waals surface area contributed by atoms with Gasteiger partial charge >= 0.3 is 0 Å². The van der Waals surface area contributed by atoms with Gasteiger partial charge in [-0.1, -0.05) is 50.4 Å². The van der Waals surface area contributed by atoms with Crippen LogP contribution in [0.5, 0.6) is 0 Å². The third-order valence-corrected chi connectivity index (χ3v) is 5.04. The van der Waals surface area contributed by atoms with E-state index in [2.05, 4.69) is 39.1 Å². The van der Waals surface area contributed by atoms with Crippen molar-refractivity contribution in [3.63, 3.8) is 0 Å². The number of hydrogen-bond donors (Lipinski definition) is 1. The maximum atomic E-state index is 9.67. The number of thioether (sulfide) groups is 1.